The fourth-order valence-corrected chi connectivity index (χ4v) is 3.65. The molecule has 1 saturated heterocycles. The number of anilines is 1. The van der Waals surface area contributed by atoms with Crippen LogP contribution in [0.3, 0.4) is 0 Å². The molecule has 0 N–H and O–H groups in total. The number of hydrogen-bond acceptors (Lipinski definition) is 5. The van der Waals surface area contributed by atoms with Crippen molar-refractivity contribution in [2.24, 2.45) is 0 Å². The van der Waals surface area contributed by atoms with Crippen LogP contribution in [-0.4, -0.2) is 50.5 Å². The van der Waals surface area contributed by atoms with Crippen molar-refractivity contribution < 1.29 is 13.9 Å². The lowest BCUT2D eigenvalue weighted by atomic mass is 10.1. The number of ketones is 1. The van der Waals surface area contributed by atoms with Crippen LogP contribution in [0.25, 0.3) is 11.0 Å². The van der Waals surface area contributed by atoms with Gasteiger partial charge >= 0.3 is 0 Å². The maximum atomic E-state index is 12.5. The highest BCUT2D eigenvalue weighted by molar-refractivity contribution is 5.99. The molecule has 0 atom stereocenters. The Morgan fingerprint density at radius 3 is 2.70 bits per heavy atom. The van der Waals surface area contributed by atoms with Crippen LogP contribution in [0.5, 0.6) is 5.75 Å². The van der Waals surface area contributed by atoms with Crippen LogP contribution in [0.4, 0.5) is 5.69 Å². The molecular formula is C22H24N2O3. The minimum atomic E-state index is 0.185. The third-order valence-electron chi connectivity index (χ3n) is 5.23. The number of ether oxygens (including phenoxy) is 1. The van der Waals surface area contributed by atoms with E-state index < -0.39 is 0 Å². The molecule has 1 aliphatic rings. The Morgan fingerprint density at radius 2 is 1.89 bits per heavy atom. The van der Waals surface area contributed by atoms with E-state index in [-0.39, 0.29) is 5.78 Å². The first-order valence-corrected chi connectivity index (χ1v) is 9.35. The van der Waals surface area contributed by atoms with E-state index in [1.165, 1.54) is 0 Å². The van der Waals surface area contributed by atoms with Crippen molar-refractivity contribution in [2.75, 3.05) is 44.7 Å². The van der Waals surface area contributed by atoms with Crippen molar-refractivity contribution in [3.63, 3.8) is 0 Å². The summed E-state index contributed by atoms with van der Waals surface area (Å²) in [7, 11) is 1.71. The molecule has 0 bridgehead atoms. The second kappa shape index (κ2) is 7.84. The summed E-state index contributed by atoms with van der Waals surface area (Å²) in [5.41, 5.74) is 2.72. The summed E-state index contributed by atoms with van der Waals surface area (Å²) in [6.45, 7) is 4.57. The van der Waals surface area contributed by atoms with Gasteiger partial charge in [-0.25, -0.2) is 0 Å². The molecule has 0 spiro atoms. The van der Waals surface area contributed by atoms with Crippen molar-refractivity contribution in [1.29, 1.82) is 0 Å². The van der Waals surface area contributed by atoms with Crippen LogP contribution in [-0.2, 0) is 0 Å². The van der Waals surface area contributed by atoms with Crippen LogP contribution < -0.4 is 9.64 Å². The summed E-state index contributed by atoms with van der Waals surface area (Å²) in [5, 5.41) is 0.978. The number of methoxy groups -OCH3 is 1. The number of Topliss-reactive ketones (excluding diaryl/α,β-unsaturated/α-hetero) is 1. The predicted octanol–water partition coefficient (Wildman–Crippen LogP) is 3.84. The number of piperazine rings is 1. The molecule has 1 fully saturated rings. The van der Waals surface area contributed by atoms with E-state index >= 15 is 0 Å². The molecule has 0 aliphatic carbocycles. The molecule has 0 unspecified atom stereocenters. The molecule has 1 aliphatic heterocycles. The van der Waals surface area contributed by atoms with E-state index in [1.54, 1.807) is 13.4 Å². The molecule has 0 radical (unpaired) electrons. The normalized spacial score (nSPS) is 15.2. The zero-order valence-electron chi connectivity index (χ0n) is 15.6. The van der Waals surface area contributed by atoms with Gasteiger partial charge in [-0.2, -0.15) is 0 Å². The van der Waals surface area contributed by atoms with Gasteiger partial charge in [-0.15, -0.1) is 0 Å². The molecule has 0 amide bonds. The average Bonchev–Trinajstić information content (AvgIpc) is 3.20. The summed E-state index contributed by atoms with van der Waals surface area (Å²) >= 11 is 0. The van der Waals surface area contributed by atoms with Crippen molar-refractivity contribution in [1.82, 2.24) is 4.90 Å². The third kappa shape index (κ3) is 3.83. The summed E-state index contributed by atoms with van der Waals surface area (Å²) < 4.78 is 10.8. The van der Waals surface area contributed by atoms with E-state index in [4.69, 9.17) is 9.15 Å². The van der Waals surface area contributed by atoms with Gasteiger partial charge in [0.05, 0.1) is 19.1 Å². The van der Waals surface area contributed by atoms with Gasteiger partial charge in [0.25, 0.3) is 0 Å². The largest absolute Gasteiger partial charge is 0.495 e. The molecule has 5 heteroatoms. The highest BCUT2D eigenvalue weighted by Gasteiger charge is 2.20. The number of hydrogen-bond donors (Lipinski definition) is 0. The maximum Gasteiger partial charge on any atom is 0.164 e. The first-order valence-electron chi connectivity index (χ1n) is 9.35. The van der Waals surface area contributed by atoms with E-state index in [0.29, 0.717) is 6.42 Å². The van der Waals surface area contributed by atoms with Crippen molar-refractivity contribution >= 4 is 22.4 Å². The Labute approximate surface area is 159 Å². The molecule has 4 rings (SSSR count). The first-order chi connectivity index (χ1) is 13.2. The minimum absolute atomic E-state index is 0.185. The Balaban J connectivity index is 1.31. The lowest BCUT2D eigenvalue weighted by Crippen LogP contribution is -2.47. The number of nitrogens with zero attached hydrogens (tertiary/aromatic N) is 2. The Morgan fingerprint density at radius 1 is 1.07 bits per heavy atom. The predicted molar refractivity (Wildman–Crippen MR) is 107 cm³/mol. The van der Waals surface area contributed by atoms with Gasteiger partial charge in [0.1, 0.15) is 11.3 Å². The lowest BCUT2D eigenvalue weighted by molar-refractivity contribution is 0.0962. The summed E-state index contributed by atoms with van der Waals surface area (Å²) in [4.78, 5) is 17.3. The molecule has 0 saturated carbocycles. The van der Waals surface area contributed by atoms with Gasteiger partial charge in [-0.05, 0) is 36.4 Å². The number of benzene rings is 2. The second-order valence-electron chi connectivity index (χ2n) is 6.85. The summed E-state index contributed by atoms with van der Waals surface area (Å²) in [6.07, 6.45) is 2.19. The van der Waals surface area contributed by atoms with Crippen molar-refractivity contribution in [3.05, 3.63) is 60.4 Å². The van der Waals surface area contributed by atoms with Gasteiger partial charge in [-0.1, -0.05) is 12.1 Å². The van der Waals surface area contributed by atoms with Crippen LogP contribution >= 0.6 is 0 Å². The van der Waals surface area contributed by atoms with Crippen molar-refractivity contribution in [3.8, 4) is 5.75 Å². The van der Waals surface area contributed by atoms with Crippen LogP contribution in [0.15, 0.2) is 59.2 Å². The monoisotopic (exact) mass is 364 g/mol. The van der Waals surface area contributed by atoms with Gasteiger partial charge in [0, 0.05) is 50.1 Å². The molecule has 2 heterocycles. The van der Waals surface area contributed by atoms with Crippen molar-refractivity contribution in [2.45, 2.75) is 6.42 Å². The van der Waals surface area contributed by atoms with E-state index in [1.807, 2.05) is 42.5 Å². The van der Waals surface area contributed by atoms with E-state index in [2.05, 4.69) is 15.9 Å². The summed E-state index contributed by atoms with van der Waals surface area (Å²) in [6, 6.07) is 15.7. The smallest absolute Gasteiger partial charge is 0.164 e. The zero-order chi connectivity index (χ0) is 18.6. The molecule has 27 heavy (non-hydrogen) atoms. The highest BCUT2D eigenvalue weighted by Crippen LogP contribution is 2.28. The van der Waals surface area contributed by atoms with Crippen LogP contribution in [0.2, 0.25) is 0 Å². The standard InChI is InChI=1S/C22H24N2O3/c1-26-22-5-3-2-4-19(22)24-13-11-23(12-14-24)10-8-20(25)17-6-7-21-18(16-17)9-15-27-21/h2-7,9,15-16H,8,10-14H2,1H3. The lowest BCUT2D eigenvalue weighted by Gasteiger charge is -2.36. The average molecular weight is 364 g/mol. The fraction of sp³-hybridized carbons (Fsp3) is 0.318. The maximum absolute atomic E-state index is 12.5. The first kappa shape index (κ1) is 17.6. The molecular weight excluding hydrogens is 340 g/mol. The van der Waals surface area contributed by atoms with Crippen LogP contribution in [0, 0.1) is 0 Å². The number of rotatable bonds is 6. The van der Waals surface area contributed by atoms with Crippen LogP contribution in [0.1, 0.15) is 16.8 Å². The number of fused-ring (bicyclic) bond motifs is 1. The molecule has 3 aromatic rings. The molecule has 5 nitrogen and oxygen atoms in total. The molecule has 140 valence electrons. The van der Waals surface area contributed by atoms with Gasteiger partial charge < -0.3 is 14.1 Å². The highest BCUT2D eigenvalue weighted by atomic mass is 16.5. The quantitative estimate of drug-likeness (QED) is 0.622. The zero-order valence-corrected chi connectivity index (χ0v) is 15.6. The molecule has 2 aromatic carbocycles. The topological polar surface area (TPSA) is 45.9 Å². The van der Waals surface area contributed by atoms with Gasteiger partial charge in [0.2, 0.25) is 0 Å². The Hall–Kier alpha value is -2.79. The number of para-hydroxylation sites is 2. The number of carbonyl (C=O) groups is 1. The fourth-order valence-electron chi connectivity index (χ4n) is 3.65. The Bertz CT molecular complexity index is 926. The van der Waals surface area contributed by atoms with Gasteiger partial charge in [-0.3, -0.25) is 9.69 Å². The van der Waals surface area contributed by atoms with Gasteiger partial charge in [0.15, 0.2) is 5.78 Å². The van der Waals surface area contributed by atoms with E-state index in [9.17, 15) is 4.79 Å². The van der Waals surface area contributed by atoms with E-state index in [0.717, 1.165) is 60.7 Å². The third-order valence-corrected chi connectivity index (χ3v) is 5.23. The SMILES string of the molecule is COc1ccccc1N1CCN(CCC(=O)c2ccc3occc3c2)CC1. The molecule has 1 aromatic heterocycles. The second-order valence-corrected chi connectivity index (χ2v) is 6.85. The minimum Gasteiger partial charge on any atom is -0.495 e. The number of carbonyl (C=O) groups excluding carboxylic acids is 1. The number of furan rings is 1. The Kier molecular flexibility index (Phi) is 5.12. The summed E-state index contributed by atoms with van der Waals surface area (Å²) in [5.74, 6) is 1.10.